The largest absolute Gasteiger partial charge is 0.370 e. The van der Waals surface area contributed by atoms with Crippen molar-refractivity contribution in [3.8, 4) is 0 Å². The third-order valence-corrected chi connectivity index (χ3v) is 4.99. The zero-order valence-electron chi connectivity index (χ0n) is 16.1. The van der Waals surface area contributed by atoms with Gasteiger partial charge in [0.15, 0.2) is 0 Å². The second-order valence-electron chi connectivity index (χ2n) is 6.89. The van der Waals surface area contributed by atoms with Gasteiger partial charge in [0.1, 0.15) is 0 Å². The van der Waals surface area contributed by atoms with Crippen LogP contribution in [-0.2, 0) is 4.79 Å². The Morgan fingerprint density at radius 3 is 2.54 bits per heavy atom. The number of carbonyl (C=O) groups is 2. The maximum Gasteiger partial charge on any atom is 0.318 e. The summed E-state index contributed by atoms with van der Waals surface area (Å²) in [4.78, 5) is 27.6. The van der Waals surface area contributed by atoms with Gasteiger partial charge in [0.25, 0.3) is 0 Å². The number of hydrogen-bond donors (Lipinski definition) is 3. The monoisotopic (exact) mass is 381 g/mol. The predicted octanol–water partition coefficient (Wildman–Crippen LogP) is 2.40. The van der Waals surface area contributed by atoms with Gasteiger partial charge < -0.3 is 26.2 Å². The maximum absolute atomic E-state index is 11.6. The number of nitrogens with one attached hydrogen (secondary N) is 2. The van der Waals surface area contributed by atoms with Crippen molar-refractivity contribution in [3.63, 3.8) is 0 Å². The normalized spacial score (nSPS) is 16.5. The molecule has 7 heteroatoms. The number of hydrogen-bond acceptors (Lipinski definition) is 4. The van der Waals surface area contributed by atoms with Gasteiger partial charge in [-0.05, 0) is 36.8 Å². The van der Waals surface area contributed by atoms with Gasteiger partial charge in [0.2, 0.25) is 5.91 Å². The van der Waals surface area contributed by atoms with Crippen LogP contribution in [0.4, 0.5) is 21.9 Å². The molecule has 0 spiro atoms. The molecule has 2 aromatic rings. The van der Waals surface area contributed by atoms with E-state index in [-0.39, 0.29) is 18.0 Å². The minimum atomic E-state index is -0.285. The number of anilines is 3. The molecule has 0 aromatic heterocycles. The van der Waals surface area contributed by atoms with Crippen LogP contribution in [0.2, 0.25) is 0 Å². The van der Waals surface area contributed by atoms with Crippen LogP contribution in [0.15, 0.2) is 54.6 Å². The van der Waals surface area contributed by atoms with Crippen molar-refractivity contribution in [1.29, 1.82) is 0 Å². The van der Waals surface area contributed by atoms with E-state index in [2.05, 4.69) is 32.6 Å². The molecule has 4 N–H and O–H groups in total. The fourth-order valence-electron chi connectivity index (χ4n) is 3.58. The van der Waals surface area contributed by atoms with Crippen molar-refractivity contribution in [2.45, 2.75) is 18.9 Å². The van der Waals surface area contributed by atoms with Crippen molar-refractivity contribution in [2.24, 2.45) is 5.73 Å². The predicted molar refractivity (Wildman–Crippen MR) is 113 cm³/mol. The van der Waals surface area contributed by atoms with E-state index in [1.165, 1.54) is 5.69 Å². The molecule has 1 saturated heterocycles. The summed E-state index contributed by atoms with van der Waals surface area (Å²) in [6.07, 6.45) is 1.03. The van der Waals surface area contributed by atoms with Gasteiger partial charge in [0.05, 0.1) is 0 Å². The molecule has 3 rings (SSSR count). The lowest BCUT2D eigenvalue weighted by Crippen LogP contribution is -2.53. The van der Waals surface area contributed by atoms with Crippen molar-refractivity contribution in [3.05, 3.63) is 54.6 Å². The van der Waals surface area contributed by atoms with Gasteiger partial charge in [-0.2, -0.15) is 0 Å². The van der Waals surface area contributed by atoms with E-state index in [1.807, 2.05) is 42.5 Å². The van der Waals surface area contributed by atoms with Gasteiger partial charge in [-0.15, -0.1) is 0 Å². The number of nitrogens with two attached hydrogens (primary N) is 1. The number of urea groups is 1. The van der Waals surface area contributed by atoms with Crippen LogP contribution in [0, 0.1) is 0 Å². The van der Waals surface area contributed by atoms with E-state index in [1.54, 1.807) is 7.05 Å². The molecule has 1 fully saturated rings. The van der Waals surface area contributed by atoms with Gasteiger partial charge in [-0.1, -0.05) is 24.3 Å². The molecule has 0 bridgehead atoms. The Kier molecular flexibility index (Phi) is 6.37. The highest BCUT2D eigenvalue weighted by atomic mass is 16.2. The van der Waals surface area contributed by atoms with Crippen LogP contribution in [0.25, 0.3) is 0 Å². The highest BCUT2D eigenvalue weighted by Gasteiger charge is 2.27. The summed E-state index contributed by atoms with van der Waals surface area (Å²) in [5.41, 5.74) is 8.35. The first-order valence-corrected chi connectivity index (χ1v) is 9.50. The van der Waals surface area contributed by atoms with Gasteiger partial charge in [0, 0.05) is 56.2 Å². The van der Waals surface area contributed by atoms with Crippen LogP contribution < -0.4 is 26.2 Å². The molecule has 7 nitrogen and oxygen atoms in total. The zero-order valence-corrected chi connectivity index (χ0v) is 16.1. The molecular weight excluding hydrogens is 354 g/mol. The van der Waals surface area contributed by atoms with E-state index in [9.17, 15) is 9.59 Å². The first-order chi connectivity index (χ1) is 13.6. The first-order valence-electron chi connectivity index (χ1n) is 9.50. The highest BCUT2D eigenvalue weighted by molar-refractivity contribution is 5.89. The molecule has 1 aliphatic heterocycles. The first kappa shape index (κ1) is 19.5. The standard InChI is InChI=1S/C21H27N5O2/c1-23-21(28)24-16-6-5-9-18(14-16)26-13-12-25(17-7-3-2-4-8-17)15-19(26)10-11-20(22)27/h2-9,14,19H,10-13,15H2,1H3,(H2,22,27)(H2,23,24,28). The molecule has 0 aliphatic carbocycles. The SMILES string of the molecule is CNC(=O)Nc1cccc(N2CCN(c3ccccc3)CC2CCC(N)=O)c1. The Balaban J connectivity index is 1.79. The van der Waals surface area contributed by atoms with Crippen LogP contribution >= 0.6 is 0 Å². The summed E-state index contributed by atoms with van der Waals surface area (Å²) in [5, 5.41) is 5.37. The summed E-state index contributed by atoms with van der Waals surface area (Å²) in [6.45, 7) is 2.51. The number of para-hydroxylation sites is 1. The summed E-state index contributed by atoms with van der Waals surface area (Å²) >= 11 is 0. The minimum absolute atomic E-state index is 0.150. The molecular formula is C21H27N5O2. The van der Waals surface area contributed by atoms with Gasteiger partial charge >= 0.3 is 6.03 Å². The number of benzene rings is 2. The Bertz CT molecular complexity index is 811. The Morgan fingerprint density at radius 1 is 1.07 bits per heavy atom. The summed E-state index contributed by atoms with van der Waals surface area (Å²) in [7, 11) is 1.59. The quantitative estimate of drug-likeness (QED) is 0.717. The number of rotatable bonds is 6. The second kappa shape index (κ2) is 9.12. The van der Waals surface area contributed by atoms with E-state index >= 15 is 0 Å². The minimum Gasteiger partial charge on any atom is -0.370 e. The third-order valence-electron chi connectivity index (χ3n) is 4.99. The highest BCUT2D eigenvalue weighted by Crippen LogP contribution is 2.28. The Labute approximate surface area is 165 Å². The number of amides is 3. The van der Waals surface area contributed by atoms with Crippen LogP contribution in [0.1, 0.15) is 12.8 Å². The van der Waals surface area contributed by atoms with Crippen LogP contribution in [-0.4, -0.2) is 44.7 Å². The van der Waals surface area contributed by atoms with E-state index in [0.29, 0.717) is 12.8 Å². The summed E-state index contributed by atoms with van der Waals surface area (Å²) in [5.74, 6) is -0.285. The molecule has 1 atom stereocenters. The van der Waals surface area contributed by atoms with E-state index in [4.69, 9.17) is 5.73 Å². The lowest BCUT2D eigenvalue weighted by atomic mass is 10.0. The van der Waals surface area contributed by atoms with E-state index in [0.717, 1.165) is 31.0 Å². The average Bonchev–Trinajstić information content (AvgIpc) is 2.72. The molecule has 0 radical (unpaired) electrons. The molecule has 28 heavy (non-hydrogen) atoms. The topological polar surface area (TPSA) is 90.7 Å². The molecule has 1 unspecified atom stereocenters. The van der Waals surface area contributed by atoms with Crippen molar-refractivity contribution in [1.82, 2.24) is 5.32 Å². The Hall–Kier alpha value is -3.22. The lowest BCUT2D eigenvalue weighted by molar-refractivity contribution is -0.118. The molecule has 0 saturated carbocycles. The fraction of sp³-hybridized carbons (Fsp3) is 0.333. The molecule has 148 valence electrons. The number of nitrogens with zero attached hydrogens (tertiary/aromatic N) is 2. The molecule has 3 amide bonds. The average molecular weight is 381 g/mol. The smallest absolute Gasteiger partial charge is 0.318 e. The van der Waals surface area contributed by atoms with Crippen molar-refractivity contribution < 1.29 is 9.59 Å². The number of carbonyl (C=O) groups excluding carboxylic acids is 2. The third kappa shape index (κ3) is 4.94. The van der Waals surface area contributed by atoms with Gasteiger partial charge in [-0.25, -0.2) is 4.79 Å². The fourth-order valence-corrected chi connectivity index (χ4v) is 3.58. The zero-order chi connectivity index (χ0) is 19.9. The number of piperazine rings is 1. The van der Waals surface area contributed by atoms with Crippen molar-refractivity contribution >= 4 is 29.0 Å². The molecule has 1 heterocycles. The lowest BCUT2D eigenvalue weighted by Gasteiger charge is -2.44. The Morgan fingerprint density at radius 2 is 1.82 bits per heavy atom. The number of primary amides is 1. The van der Waals surface area contributed by atoms with Crippen molar-refractivity contribution in [2.75, 3.05) is 41.8 Å². The van der Waals surface area contributed by atoms with Gasteiger partial charge in [-0.3, -0.25) is 4.79 Å². The molecule has 2 aromatic carbocycles. The van der Waals surface area contributed by atoms with E-state index < -0.39 is 0 Å². The maximum atomic E-state index is 11.6. The second-order valence-corrected chi connectivity index (χ2v) is 6.89. The summed E-state index contributed by atoms with van der Waals surface area (Å²) < 4.78 is 0. The van der Waals surface area contributed by atoms with Crippen LogP contribution in [0.5, 0.6) is 0 Å². The summed E-state index contributed by atoms with van der Waals surface area (Å²) in [6, 6.07) is 18.0. The molecule has 1 aliphatic rings. The van der Waals surface area contributed by atoms with Crippen LogP contribution in [0.3, 0.4) is 0 Å².